The Kier molecular flexibility index (Phi) is 3.24. The Labute approximate surface area is 126 Å². The molecule has 0 atom stereocenters. The number of benzene rings is 2. The lowest BCUT2D eigenvalue weighted by Crippen LogP contribution is -2.15. The van der Waals surface area contributed by atoms with Gasteiger partial charge in [-0.15, -0.1) is 0 Å². The van der Waals surface area contributed by atoms with Crippen LogP contribution in [0.15, 0.2) is 54.4 Å². The maximum atomic E-state index is 10.7. The summed E-state index contributed by atoms with van der Waals surface area (Å²) in [6.45, 7) is 0. The van der Waals surface area contributed by atoms with Crippen molar-refractivity contribution < 1.29 is 9.66 Å². The number of nitrogens with zero attached hydrogens (tertiary/aromatic N) is 3. The van der Waals surface area contributed by atoms with Gasteiger partial charge in [0.25, 0.3) is 5.69 Å². The zero-order valence-electron chi connectivity index (χ0n) is 11.7. The average molecular weight is 293 g/mol. The van der Waals surface area contributed by atoms with E-state index in [1.165, 1.54) is 12.1 Å². The summed E-state index contributed by atoms with van der Waals surface area (Å²) in [5.74, 6) is 1.09. The molecule has 1 aliphatic heterocycles. The fourth-order valence-electron chi connectivity index (χ4n) is 2.31. The molecule has 0 radical (unpaired) electrons. The van der Waals surface area contributed by atoms with E-state index in [9.17, 15) is 15.4 Å². The normalized spacial score (nSPS) is 14.8. The molecule has 0 spiro atoms. The van der Waals surface area contributed by atoms with Gasteiger partial charge in [-0.25, -0.2) is 0 Å². The number of hydrogen-bond acceptors (Lipinski definition) is 5. The van der Waals surface area contributed by atoms with E-state index in [1.54, 1.807) is 17.0 Å². The van der Waals surface area contributed by atoms with Crippen molar-refractivity contribution in [2.24, 2.45) is 0 Å². The predicted molar refractivity (Wildman–Crippen MR) is 81.1 cm³/mol. The van der Waals surface area contributed by atoms with Crippen LogP contribution in [-0.4, -0.2) is 12.0 Å². The summed E-state index contributed by atoms with van der Waals surface area (Å²) in [7, 11) is 1.81. The molecule has 0 bridgehead atoms. The number of para-hydroxylation sites is 2. The van der Waals surface area contributed by atoms with E-state index in [1.807, 2.05) is 31.3 Å². The number of nitriles is 1. The van der Waals surface area contributed by atoms with Gasteiger partial charge >= 0.3 is 0 Å². The topological polar surface area (TPSA) is 79.4 Å². The van der Waals surface area contributed by atoms with E-state index in [0.29, 0.717) is 22.8 Å². The quantitative estimate of drug-likeness (QED) is 0.482. The first-order valence-electron chi connectivity index (χ1n) is 6.51. The fraction of sp³-hybridized carbons (Fsp3) is 0.0625. The second-order valence-electron chi connectivity index (χ2n) is 4.72. The molecule has 6 heteroatoms. The lowest BCUT2D eigenvalue weighted by atomic mass is 10.1. The van der Waals surface area contributed by atoms with Gasteiger partial charge in [0.1, 0.15) is 11.6 Å². The molecule has 0 aliphatic carbocycles. The van der Waals surface area contributed by atoms with Crippen molar-refractivity contribution in [3.05, 3.63) is 70.1 Å². The molecule has 3 rings (SSSR count). The van der Waals surface area contributed by atoms with Crippen molar-refractivity contribution in [1.29, 1.82) is 5.26 Å². The molecule has 0 fully saturated rings. The SMILES string of the molecule is CN1/C(=C(/C#N)c2ccc([N+](=O)[O-])cc2)Oc2ccccc21. The largest absolute Gasteiger partial charge is 0.437 e. The van der Waals surface area contributed by atoms with Crippen LogP contribution < -0.4 is 9.64 Å². The molecule has 0 amide bonds. The van der Waals surface area contributed by atoms with Crippen LogP contribution in [0.4, 0.5) is 11.4 Å². The minimum absolute atomic E-state index is 0.0185. The fourth-order valence-corrected chi connectivity index (χ4v) is 2.31. The molecular formula is C16H11N3O3. The van der Waals surface area contributed by atoms with E-state index >= 15 is 0 Å². The van der Waals surface area contributed by atoms with Gasteiger partial charge in [-0.05, 0) is 29.8 Å². The predicted octanol–water partition coefficient (Wildman–Crippen LogP) is 3.32. The van der Waals surface area contributed by atoms with E-state index in [0.717, 1.165) is 5.69 Å². The highest BCUT2D eigenvalue weighted by atomic mass is 16.6. The van der Waals surface area contributed by atoms with Crippen LogP contribution in [0.5, 0.6) is 5.75 Å². The Balaban J connectivity index is 2.05. The standard InChI is InChI=1S/C16H11N3O3/c1-18-14-4-2-3-5-15(14)22-16(18)13(10-17)11-6-8-12(9-7-11)19(20)21/h2-9H,1H3/b16-13+. The first kappa shape index (κ1) is 13.6. The average Bonchev–Trinajstić information content (AvgIpc) is 2.86. The third kappa shape index (κ3) is 2.15. The Morgan fingerprint density at radius 2 is 1.91 bits per heavy atom. The molecule has 2 aromatic carbocycles. The number of rotatable bonds is 2. The summed E-state index contributed by atoms with van der Waals surface area (Å²) >= 11 is 0. The third-order valence-corrected chi connectivity index (χ3v) is 3.43. The first-order valence-corrected chi connectivity index (χ1v) is 6.51. The Morgan fingerprint density at radius 1 is 1.23 bits per heavy atom. The number of allylic oxidation sites excluding steroid dienone is 1. The van der Waals surface area contributed by atoms with Crippen LogP contribution in [0, 0.1) is 21.4 Å². The van der Waals surface area contributed by atoms with E-state index in [2.05, 4.69) is 6.07 Å². The summed E-state index contributed by atoms with van der Waals surface area (Å²) in [6.07, 6.45) is 0. The second-order valence-corrected chi connectivity index (χ2v) is 4.72. The zero-order valence-corrected chi connectivity index (χ0v) is 11.7. The van der Waals surface area contributed by atoms with Gasteiger partial charge in [-0.3, -0.25) is 10.1 Å². The van der Waals surface area contributed by atoms with Crippen molar-refractivity contribution in [2.45, 2.75) is 0 Å². The number of non-ortho nitro benzene ring substituents is 1. The van der Waals surface area contributed by atoms with Gasteiger partial charge in [0, 0.05) is 19.2 Å². The van der Waals surface area contributed by atoms with Crippen LogP contribution in [0.25, 0.3) is 5.57 Å². The molecule has 0 aromatic heterocycles. The first-order chi connectivity index (χ1) is 10.6. The van der Waals surface area contributed by atoms with Crippen LogP contribution >= 0.6 is 0 Å². The highest BCUT2D eigenvalue weighted by molar-refractivity contribution is 5.84. The molecule has 1 aliphatic rings. The van der Waals surface area contributed by atoms with Gasteiger partial charge in [0.05, 0.1) is 10.6 Å². The second kappa shape index (κ2) is 5.22. The van der Waals surface area contributed by atoms with Crippen LogP contribution in [0.1, 0.15) is 5.56 Å². The van der Waals surface area contributed by atoms with Gasteiger partial charge in [0.15, 0.2) is 5.75 Å². The molecule has 6 nitrogen and oxygen atoms in total. The maximum absolute atomic E-state index is 10.7. The minimum Gasteiger partial charge on any atom is -0.437 e. The molecule has 0 saturated carbocycles. The van der Waals surface area contributed by atoms with Crippen molar-refractivity contribution in [2.75, 3.05) is 11.9 Å². The summed E-state index contributed by atoms with van der Waals surface area (Å²) in [5, 5.41) is 20.2. The van der Waals surface area contributed by atoms with Gasteiger partial charge in [0.2, 0.25) is 5.88 Å². The third-order valence-electron chi connectivity index (χ3n) is 3.43. The van der Waals surface area contributed by atoms with Crippen molar-refractivity contribution in [3.8, 4) is 11.8 Å². The van der Waals surface area contributed by atoms with Crippen LogP contribution in [-0.2, 0) is 0 Å². The number of hydrogen-bond donors (Lipinski definition) is 0. The van der Waals surface area contributed by atoms with E-state index in [-0.39, 0.29) is 5.69 Å². The zero-order chi connectivity index (χ0) is 15.7. The number of anilines is 1. The summed E-state index contributed by atoms with van der Waals surface area (Å²) in [4.78, 5) is 12.0. The molecule has 0 unspecified atom stereocenters. The molecule has 0 N–H and O–H groups in total. The summed E-state index contributed by atoms with van der Waals surface area (Å²) < 4.78 is 5.75. The smallest absolute Gasteiger partial charge is 0.269 e. The highest BCUT2D eigenvalue weighted by Crippen LogP contribution is 2.40. The van der Waals surface area contributed by atoms with Crippen molar-refractivity contribution in [3.63, 3.8) is 0 Å². The van der Waals surface area contributed by atoms with Crippen LogP contribution in [0.2, 0.25) is 0 Å². The van der Waals surface area contributed by atoms with Crippen molar-refractivity contribution >= 4 is 16.9 Å². The number of nitro benzene ring substituents is 1. The number of ether oxygens (including phenoxy) is 1. The molecule has 0 saturated heterocycles. The number of nitro groups is 1. The van der Waals surface area contributed by atoms with E-state index < -0.39 is 4.92 Å². The lowest BCUT2D eigenvalue weighted by molar-refractivity contribution is -0.384. The molecule has 108 valence electrons. The van der Waals surface area contributed by atoms with Gasteiger partial charge in [-0.1, -0.05) is 12.1 Å². The molecular weight excluding hydrogens is 282 g/mol. The summed E-state index contributed by atoms with van der Waals surface area (Å²) in [6, 6.07) is 15.4. The monoisotopic (exact) mass is 293 g/mol. The Bertz CT molecular complexity index is 819. The summed E-state index contributed by atoms with van der Waals surface area (Å²) in [5.41, 5.74) is 1.75. The van der Waals surface area contributed by atoms with Gasteiger partial charge < -0.3 is 9.64 Å². The molecule has 22 heavy (non-hydrogen) atoms. The lowest BCUT2D eigenvalue weighted by Gasteiger charge is -2.13. The van der Waals surface area contributed by atoms with Crippen LogP contribution in [0.3, 0.4) is 0 Å². The number of fused-ring (bicyclic) bond motifs is 1. The maximum Gasteiger partial charge on any atom is 0.269 e. The Morgan fingerprint density at radius 3 is 2.50 bits per heavy atom. The van der Waals surface area contributed by atoms with E-state index in [4.69, 9.17) is 4.74 Å². The minimum atomic E-state index is -0.475. The van der Waals surface area contributed by atoms with Crippen molar-refractivity contribution in [1.82, 2.24) is 0 Å². The van der Waals surface area contributed by atoms with Gasteiger partial charge in [-0.2, -0.15) is 5.26 Å². The highest BCUT2D eigenvalue weighted by Gasteiger charge is 2.26. The molecule has 1 heterocycles. The Hall–Kier alpha value is -3.33. The molecule has 2 aromatic rings.